The van der Waals surface area contributed by atoms with E-state index >= 15 is 0 Å². The summed E-state index contributed by atoms with van der Waals surface area (Å²) in [5.41, 5.74) is -0.840. The van der Waals surface area contributed by atoms with E-state index in [0.717, 1.165) is 0 Å². The molecule has 0 aliphatic carbocycles. The van der Waals surface area contributed by atoms with Crippen LogP contribution in [-0.2, 0) is 14.9 Å². The second-order valence-corrected chi connectivity index (χ2v) is 7.83. The lowest BCUT2D eigenvalue weighted by atomic mass is 10.1. The highest BCUT2D eigenvalue weighted by molar-refractivity contribution is 7.86. The minimum atomic E-state index is -4.52. The van der Waals surface area contributed by atoms with Gasteiger partial charge in [0.1, 0.15) is 0 Å². The first-order valence-corrected chi connectivity index (χ1v) is 7.05. The molecule has 0 aromatic heterocycles. The van der Waals surface area contributed by atoms with Crippen molar-refractivity contribution in [2.45, 2.75) is 45.2 Å². The first-order chi connectivity index (χ1) is 7.60. The Labute approximate surface area is 110 Å². The summed E-state index contributed by atoms with van der Waals surface area (Å²) in [7, 11) is 0.343. The summed E-state index contributed by atoms with van der Waals surface area (Å²) in [5, 5.41) is 0. The van der Waals surface area contributed by atoms with E-state index in [4.69, 9.17) is 0 Å². The lowest BCUT2D eigenvalue weighted by Gasteiger charge is -2.56. The van der Waals surface area contributed by atoms with Gasteiger partial charge in [0.15, 0.2) is 20.7 Å². The summed E-state index contributed by atoms with van der Waals surface area (Å²) < 4.78 is 34.2. The maximum Gasteiger partial charge on any atom is 0.223 e. The molecule has 0 atom stereocenters. The molecule has 0 aliphatic rings. The molecule has 0 rings (SSSR count). The largest absolute Gasteiger partial charge is 0.743 e. The quantitative estimate of drug-likeness (QED) is 0.428. The van der Waals surface area contributed by atoms with Gasteiger partial charge < -0.3 is 4.55 Å². The van der Waals surface area contributed by atoms with Crippen molar-refractivity contribution >= 4 is 16.0 Å². The van der Waals surface area contributed by atoms with Crippen LogP contribution in [0.2, 0.25) is 0 Å². The van der Waals surface area contributed by atoms with Crippen LogP contribution >= 0.6 is 0 Å². The Balaban J connectivity index is 5.87. The number of hydrogen-bond donors (Lipinski definition) is 0. The molecule has 0 unspecified atom stereocenters. The van der Waals surface area contributed by atoms with Crippen molar-refractivity contribution in [3.63, 3.8) is 0 Å². The molecule has 18 heavy (non-hydrogen) atoms. The van der Waals surface area contributed by atoms with Crippen molar-refractivity contribution in [2.75, 3.05) is 21.1 Å². The minimum Gasteiger partial charge on any atom is -0.743 e. The van der Waals surface area contributed by atoms with Crippen molar-refractivity contribution in [2.24, 2.45) is 0 Å². The summed E-state index contributed by atoms with van der Waals surface area (Å²) in [6, 6.07) is 0. The molecular weight excluding hydrogens is 256 g/mol. The predicted octanol–water partition coefficient (Wildman–Crippen LogP) is 0.559. The molecular formula is C11H24N2O4S. The smallest absolute Gasteiger partial charge is 0.223 e. The van der Waals surface area contributed by atoms with Crippen LogP contribution in [0.15, 0.2) is 0 Å². The van der Waals surface area contributed by atoms with E-state index in [1.165, 1.54) is 25.7 Å². The van der Waals surface area contributed by atoms with E-state index in [2.05, 4.69) is 0 Å². The van der Waals surface area contributed by atoms with Crippen molar-refractivity contribution in [1.29, 1.82) is 0 Å². The summed E-state index contributed by atoms with van der Waals surface area (Å²) >= 11 is 0. The van der Waals surface area contributed by atoms with Crippen LogP contribution in [0.5, 0.6) is 0 Å². The molecule has 0 aromatic carbocycles. The molecule has 0 radical (unpaired) electrons. The number of rotatable bonds is 4. The Morgan fingerprint density at radius 2 is 1.50 bits per heavy atom. The number of nitrogens with zero attached hydrogens (tertiary/aromatic N) is 2. The highest BCUT2D eigenvalue weighted by atomic mass is 32.2. The van der Waals surface area contributed by atoms with Gasteiger partial charge in [-0.05, 0) is 0 Å². The fourth-order valence-corrected chi connectivity index (χ4v) is 2.48. The number of carbonyl (C=O) groups is 1. The van der Waals surface area contributed by atoms with Crippen LogP contribution < -0.4 is 0 Å². The molecule has 0 spiro atoms. The van der Waals surface area contributed by atoms with Crippen LogP contribution in [0.25, 0.3) is 0 Å². The van der Waals surface area contributed by atoms with Gasteiger partial charge in [-0.25, -0.2) is 8.42 Å². The van der Waals surface area contributed by atoms with Crippen LogP contribution in [0.1, 0.15) is 34.6 Å². The van der Waals surface area contributed by atoms with E-state index in [1.54, 1.807) is 35.0 Å². The van der Waals surface area contributed by atoms with Crippen molar-refractivity contribution in [3.8, 4) is 0 Å². The molecule has 0 heterocycles. The minimum absolute atomic E-state index is 0.151. The van der Waals surface area contributed by atoms with Gasteiger partial charge in [0.2, 0.25) is 5.91 Å². The summed E-state index contributed by atoms with van der Waals surface area (Å²) in [6.07, 6.45) is 0. The molecule has 0 aliphatic heterocycles. The Bertz CT molecular complexity index is 438. The molecule has 6 nitrogen and oxygen atoms in total. The van der Waals surface area contributed by atoms with Gasteiger partial charge in [-0.1, -0.05) is 0 Å². The molecule has 108 valence electrons. The zero-order valence-electron chi connectivity index (χ0n) is 12.4. The Morgan fingerprint density at radius 3 is 1.72 bits per heavy atom. The van der Waals surface area contributed by atoms with Gasteiger partial charge in [0.05, 0.1) is 14.1 Å². The van der Waals surface area contributed by atoms with E-state index in [1.807, 2.05) is 0 Å². The second kappa shape index (κ2) is 4.47. The Morgan fingerprint density at radius 1 is 1.17 bits per heavy atom. The number of quaternary nitrogens is 1. The Kier molecular flexibility index (Phi) is 4.30. The van der Waals surface area contributed by atoms with Crippen LogP contribution in [0, 0.1) is 0 Å². The lowest BCUT2D eigenvalue weighted by molar-refractivity contribution is -0.977. The van der Waals surface area contributed by atoms with Gasteiger partial charge in [-0.3, -0.25) is 14.2 Å². The molecule has 7 heteroatoms. The van der Waals surface area contributed by atoms with E-state index in [0.29, 0.717) is 0 Å². The molecule has 0 saturated heterocycles. The van der Waals surface area contributed by atoms with Crippen molar-refractivity contribution in [1.82, 2.24) is 4.90 Å². The fourth-order valence-electron chi connectivity index (χ4n) is 1.70. The molecule has 0 N–H and O–H groups in total. The standard InChI is InChI=1S/C11H24N2O4S/c1-9(14)12(6)10(2,3)13(7,8)11(4,5)18(15,16)17/h1-8H3. The molecule has 1 amide bonds. The molecule has 0 aromatic rings. The SMILES string of the molecule is CC(=O)N(C)C(C)(C)[N+](C)(C)C(C)(C)S(=O)(=O)[O-]. The van der Waals surface area contributed by atoms with Gasteiger partial charge in [-0.2, -0.15) is 0 Å². The maximum absolute atomic E-state index is 11.5. The number of amides is 1. The van der Waals surface area contributed by atoms with E-state index < -0.39 is 20.7 Å². The monoisotopic (exact) mass is 280 g/mol. The van der Waals surface area contributed by atoms with Crippen molar-refractivity contribution < 1.29 is 22.2 Å². The number of hydrogen-bond acceptors (Lipinski definition) is 4. The highest BCUT2D eigenvalue weighted by Crippen LogP contribution is 2.36. The summed E-state index contributed by atoms with van der Waals surface area (Å²) in [6.45, 7) is 7.64. The highest BCUT2D eigenvalue weighted by Gasteiger charge is 2.54. The zero-order valence-corrected chi connectivity index (χ0v) is 13.3. The second-order valence-electron chi connectivity index (χ2n) is 5.93. The first kappa shape index (κ1) is 17.3. The normalized spacial score (nSPS) is 14.5. The van der Waals surface area contributed by atoms with Crippen LogP contribution in [-0.4, -0.2) is 59.9 Å². The number of carbonyl (C=O) groups excluding carboxylic acids is 1. The van der Waals surface area contributed by atoms with Crippen LogP contribution in [0.3, 0.4) is 0 Å². The average Bonchev–Trinajstić information content (AvgIpc) is 2.13. The van der Waals surface area contributed by atoms with Gasteiger partial charge in [0.25, 0.3) is 0 Å². The Hall–Kier alpha value is -0.660. The predicted molar refractivity (Wildman–Crippen MR) is 68.4 cm³/mol. The van der Waals surface area contributed by atoms with E-state index in [9.17, 15) is 17.8 Å². The first-order valence-electron chi connectivity index (χ1n) is 5.64. The van der Waals surface area contributed by atoms with E-state index in [-0.39, 0.29) is 10.4 Å². The molecule has 0 bridgehead atoms. The third-order valence-electron chi connectivity index (χ3n) is 4.62. The topological polar surface area (TPSA) is 77.5 Å². The maximum atomic E-state index is 11.5. The van der Waals surface area contributed by atoms with Gasteiger partial charge in [0, 0.05) is 41.7 Å². The van der Waals surface area contributed by atoms with Crippen molar-refractivity contribution in [3.05, 3.63) is 0 Å². The molecule has 0 fully saturated rings. The lowest BCUT2D eigenvalue weighted by Crippen LogP contribution is -2.74. The summed E-state index contributed by atoms with van der Waals surface area (Å²) in [4.78, 5) is 11.4. The fraction of sp³-hybridized carbons (Fsp3) is 0.909. The average molecular weight is 280 g/mol. The summed E-state index contributed by atoms with van der Waals surface area (Å²) in [5.74, 6) is -0.190. The van der Waals surface area contributed by atoms with Gasteiger partial charge in [-0.15, -0.1) is 0 Å². The van der Waals surface area contributed by atoms with Gasteiger partial charge >= 0.3 is 0 Å². The van der Waals surface area contributed by atoms with Crippen LogP contribution in [0.4, 0.5) is 0 Å². The zero-order chi connectivity index (χ0) is 15.2. The molecule has 0 saturated carbocycles. The third-order valence-corrected chi connectivity index (χ3v) is 6.30. The third kappa shape index (κ3) is 2.39.